The van der Waals surface area contributed by atoms with Crippen LogP contribution in [0.2, 0.25) is 10.0 Å². The lowest BCUT2D eigenvalue weighted by Crippen LogP contribution is -2.34. The summed E-state index contributed by atoms with van der Waals surface area (Å²) in [4.78, 5) is 22.0. The van der Waals surface area contributed by atoms with Crippen molar-refractivity contribution in [2.75, 3.05) is 5.32 Å². The summed E-state index contributed by atoms with van der Waals surface area (Å²) in [5.74, 6) is -5.41. The normalized spacial score (nSPS) is 14.6. The van der Waals surface area contributed by atoms with Crippen molar-refractivity contribution < 1.29 is 27.9 Å². The van der Waals surface area contributed by atoms with Crippen LogP contribution >= 0.6 is 23.2 Å². The van der Waals surface area contributed by atoms with Crippen molar-refractivity contribution in [3.05, 3.63) is 63.6 Å². The number of carboxylic acids is 1. The molecule has 0 aliphatic rings. The summed E-state index contributed by atoms with van der Waals surface area (Å²) >= 11 is 12.0. The molecule has 0 radical (unpaired) electrons. The van der Waals surface area contributed by atoms with Gasteiger partial charge in [-0.3, -0.25) is 4.79 Å². The van der Waals surface area contributed by atoms with Crippen LogP contribution in [0.1, 0.15) is 43.2 Å². The minimum absolute atomic E-state index is 0.0342. The molecule has 3 N–H and O–H groups in total. The second kappa shape index (κ2) is 9.71. The molecule has 4 nitrogen and oxygen atoms in total. The maximum absolute atomic E-state index is 13.5. The molecule has 0 fully saturated rings. The minimum atomic E-state index is -4.60. The second-order valence-electron chi connectivity index (χ2n) is 7.11. The minimum Gasteiger partial charge on any atom is -0.339 e. The van der Waals surface area contributed by atoms with E-state index in [9.17, 15) is 18.0 Å². The van der Waals surface area contributed by atoms with Gasteiger partial charge in [0.2, 0.25) is 5.91 Å². The first-order valence-corrected chi connectivity index (χ1v) is 9.82. The van der Waals surface area contributed by atoms with E-state index in [0.29, 0.717) is 10.6 Å². The molecule has 0 aliphatic carbocycles. The fraction of sp³-hybridized carbons (Fsp3) is 0.333. The van der Waals surface area contributed by atoms with E-state index in [4.69, 9.17) is 33.1 Å². The van der Waals surface area contributed by atoms with Crippen LogP contribution in [-0.4, -0.2) is 28.0 Å². The smallest absolute Gasteiger partial charge is 0.339 e. The van der Waals surface area contributed by atoms with Crippen LogP contribution in [0.3, 0.4) is 0 Å². The molecule has 2 aromatic carbocycles. The topological polar surface area (TPSA) is 70.7 Å². The van der Waals surface area contributed by atoms with Gasteiger partial charge in [-0.05, 0) is 41.3 Å². The number of carbonyl (C=O) groups excluding carboxylic acids is 1. The first-order chi connectivity index (χ1) is 13.9. The van der Waals surface area contributed by atoms with Crippen LogP contribution in [0.5, 0.6) is 0 Å². The molecule has 30 heavy (non-hydrogen) atoms. The number of hydrogen-bond donors (Lipinski definition) is 2. The van der Waals surface area contributed by atoms with Gasteiger partial charge < -0.3 is 15.2 Å². The van der Waals surface area contributed by atoms with Gasteiger partial charge in [0, 0.05) is 5.02 Å². The summed E-state index contributed by atoms with van der Waals surface area (Å²) in [6, 6.07) is 10.2. The van der Waals surface area contributed by atoms with Crippen LogP contribution in [0.15, 0.2) is 42.5 Å². The Labute approximate surface area is 182 Å². The van der Waals surface area contributed by atoms with Crippen molar-refractivity contribution >= 4 is 40.8 Å². The Morgan fingerprint density at radius 1 is 1.10 bits per heavy atom. The number of halogens is 5. The lowest BCUT2D eigenvalue weighted by atomic mass is 9.85. The molecular weight excluding hydrogens is 442 g/mol. The van der Waals surface area contributed by atoms with Gasteiger partial charge in [0.15, 0.2) is 0 Å². The molecule has 0 bridgehead atoms. The highest BCUT2D eigenvalue weighted by molar-refractivity contribution is 6.33. The van der Waals surface area contributed by atoms with E-state index in [2.05, 4.69) is 5.32 Å². The molecular formula is C21H21Cl2F3NO3+. The summed E-state index contributed by atoms with van der Waals surface area (Å²) < 4.78 is 40.4. The van der Waals surface area contributed by atoms with E-state index >= 15 is 0 Å². The number of aliphatic hydroxyl groups excluding tert-OH is 1. The zero-order valence-electron chi connectivity index (χ0n) is 16.2. The number of alkyl halides is 3. The van der Waals surface area contributed by atoms with Gasteiger partial charge >= 0.3 is 12.1 Å². The number of rotatable bonds is 7. The molecule has 0 saturated carbocycles. The van der Waals surface area contributed by atoms with E-state index in [-0.39, 0.29) is 28.6 Å². The van der Waals surface area contributed by atoms with Gasteiger partial charge in [-0.1, -0.05) is 55.2 Å². The molecule has 0 spiro atoms. The molecule has 9 heteroatoms. The van der Waals surface area contributed by atoms with Gasteiger partial charge in [0.1, 0.15) is 6.42 Å². The summed E-state index contributed by atoms with van der Waals surface area (Å²) in [7, 11) is 0. The second-order valence-corrected chi connectivity index (χ2v) is 7.95. The van der Waals surface area contributed by atoms with E-state index in [1.807, 2.05) is 0 Å². The quantitative estimate of drug-likeness (QED) is 0.462. The van der Waals surface area contributed by atoms with Gasteiger partial charge in [-0.25, -0.2) is 0 Å². The fourth-order valence-corrected chi connectivity index (χ4v) is 3.36. The molecule has 0 heterocycles. The summed E-state index contributed by atoms with van der Waals surface area (Å²) in [5.41, 5.74) is 0.932. The van der Waals surface area contributed by atoms with Crippen molar-refractivity contribution in [2.45, 2.75) is 38.3 Å². The largest absolute Gasteiger partial charge is 0.481 e. The lowest BCUT2D eigenvalue weighted by Gasteiger charge is -2.26. The monoisotopic (exact) mass is 462 g/mol. The van der Waals surface area contributed by atoms with Crippen molar-refractivity contribution in [3.8, 4) is 0 Å². The van der Waals surface area contributed by atoms with Gasteiger partial charge in [0.25, 0.3) is 0 Å². The summed E-state index contributed by atoms with van der Waals surface area (Å²) in [6.07, 6.45) is -4.64. The first kappa shape index (κ1) is 24.0. The number of hydrogen-bond acceptors (Lipinski definition) is 1. The lowest BCUT2D eigenvalue weighted by molar-refractivity contribution is -0.178. The summed E-state index contributed by atoms with van der Waals surface area (Å²) in [5, 5.41) is 12.0. The standard InChI is InChI=1S/C21H20Cl2F3NO3/c1-11(9-18(28)29)14-5-8-16(23)17(10-14)27-20(30)19(12(2)21(24,25)26)13-3-6-15(22)7-4-13/h3-8,10-12,19H,9H2,1-2H3,(H,27,30)(H,28,29)/p+1/t11-,12+,19-/m0/s1. The molecule has 2 rings (SSSR count). The van der Waals surface area contributed by atoms with Crippen LogP contribution in [0.4, 0.5) is 18.9 Å². The van der Waals surface area contributed by atoms with E-state index in [0.717, 1.165) is 6.92 Å². The van der Waals surface area contributed by atoms with E-state index in [1.54, 1.807) is 13.0 Å². The van der Waals surface area contributed by atoms with Gasteiger partial charge in [-0.2, -0.15) is 13.2 Å². The van der Waals surface area contributed by atoms with E-state index in [1.165, 1.54) is 36.4 Å². The average molecular weight is 463 g/mol. The molecule has 1 amide bonds. The summed E-state index contributed by atoms with van der Waals surface area (Å²) in [6.45, 7) is 2.67. The number of anilines is 1. The number of benzene rings is 2. The number of aliphatic carboxylic acids is 1. The Morgan fingerprint density at radius 3 is 2.20 bits per heavy atom. The zero-order valence-corrected chi connectivity index (χ0v) is 17.7. The molecule has 0 aliphatic heterocycles. The highest BCUT2D eigenvalue weighted by Gasteiger charge is 2.45. The average Bonchev–Trinajstić information content (AvgIpc) is 2.63. The van der Waals surface area contributed by atoms with E-state index < -0.39 is 29.9 Å². The van der Waals surface area contributed by atoms with Crippen LogP contribution in [0, 0.1) is 5.92 Å². The van der Waals surface area contributed by atoms with Gasteiger partial charge in [0.05, 0.1) is 22.5 Å². The number of nitrogens with one attached hydrogen (secondary N) is 1. The van der Waals surface area contributed by atoms with Crippen LogP contribution in [-0.2, 0) is 4.79 Å². The highest BCUT2D eigenvalue weighted by atomic mass is 35.5. The highest BCUT2D eigenvalue weighted by Crippen LogP contribution is 2.39. The first-order valence-electron chi connectivity index (χ1n) is 9.06. The Kier molecular flexibility index (Phi) is 7.77. The maximum Gasteiger partial charge on any atom is 0.481 e. The number of carboxylic acid groups (broad SMARTS) is 1. The Balaban J connectivity index is 2.37. The van der Waals surface area contributed by atoms with Crippen LogP contribution < -0.4 is 5.32 Å². The van der Waals surface area contributed by atoms with Crippen molar-refractivity contribution in [1.82, 2.24) is 0 Å². The third-order valence-electron chi connectivity index (χ3n) is 4.83. The number of amides is 1. The number of carbonyl (C=O) groups is 1. The van der Waals surface area contributed by atoms with Crippen molar-refractivity contribution in [2.24, 2.45) is 5.92 Å². The Hall–Kier alpha value is -2.25. The predicted molar refractivity (Wildman–Crippen MR) is 112 cm³/mol. The fourth-order valence-electron chi connectivity index (χ4n) is 3.07. The zero-order chi connectivity index (χ0) is 22.6. The van der Waals surface area contributed by atoms with Crippen molar-refractivity contribution in [3.63, 3.8) is 0 Å². The molecule has 2 aromatic rings. The maximum atomic E-state index is 13.5. The molecule has 0 unspecified atom stereocenters. The van der Waals surface area contributed by atoms with Crippen LogP contribution in [0.25, 0.3) is 0 Å². The molecule has 162 valence electrons. The third-order valence-corrected chi connectivity index (χ3v) is 5.42. The Bertz CT molecular complexity index is 917. The molecule has 0 saturated heterocycles. The predicted octanol–water partition coefficient (Wildman–Crippen LogP) is 6.47. The molecule has 0 aromatic heterocycles. The third kappa shape index (κ3) is 6.12. The molecule has 3 atom stereocenters. The SMILES string of the molecule is C[C@H]([C@H](C(=O)Nc1cc([C@@H](C)CC(O)=[OH+])ccc1Cl)c1ccc(Cl)cc1)C(F)(F)F. The van der Waals surface area contributed by atoms with Crippen molar-refractivity contribution in [1.29, 1.82) is 0 Å². The van der Waals surface area contributed by atoms with Gasteiger partial charge in [-0.15, -0.1) is 0 Å². The Morgan fingerprint density at radius 2 is 1.67 bits per heavy atom.